The van der Waals surface area contributed by atoms with Crippen molar-refractivity contribution in [1.29, 1.82) is 0 Å². The van der Waals surface area contributed by atoms with E-state index < -0.39 is 0 Å². The molecule has 76 valence electrons. The van der Waals surface area contributed by atoms with Crippen molar-refractivity contribution in [2.45, 2.75) is 13.1 Å². The van der Waals surface area contributed by atoms with Crippen molar-refractivity contribution in [3.05, 3.63) is 17.5 Å². The van der Waals surface area contributed by atoms with Crippen LogP contribution in [0.25, 0.3) is 0 Å². The molecule has 4 heteroatoms. The van der Waals surface area contributed by atoms with Gasteiger partial charge in [0.15, 0.2) is 5.76 Å². The maximum absolute atomic E-state index is 5.19. The highest BCUT2D eigenvalue weighted by Gasteiger charge is 2.05. The van der Waals surface area contributed by atoms with E-state index >= 15 is 0 Å². The summed E-state index contributed by atoms with van der Waals surface area (Å²) in [5, 5.41) is 6.91. The van der Waals surface area contributed by atoms with Crippen LogP contribution >= 0.6 is 0 Å². The summed E-state index contributed by atoms with van der Waals surface area (Å²) in [5.41, 5.74) is 0.914. The zero-order chi connectivity index (χ0) is 10.4. The molecule has 0 unspecified atom stereocenters. The van der Waals surface area contributed by atoms with Gasteiger partial charge in [-0.1, -0.05) is 11.1 Å². The van der Waals surface area contributed by atoms with Gasteiger partial charge >= 0.3 is 0 Å². The number of rotatable bonds is 5. The van der Waals surface area contributed by atoms with Gasteiger partial charge in [-0.2, -0.15) is 0 Å². The van der Waals surface area contributed by atoms with Gasteiger partial charge < -0.3 is 9.84 Å². The van der Waals surface area contributed by atoms with Crippen molar-refractivity contribution in [1.82, 2.24) is 15.4 Å². The standard InChI is InChI=1S/C10H15N3O/c1-4-5-13(3)8-10-6-9(7-11-2)12-14-10/h1,6,11H,5,7-8H2,2-3H3. The summed E-state index contributed by atoms with van der Waals surface area (Å²) in [7, 11) is 3.82. The number of nitrogens with one attached hydrogen (secondary N) is 1. The average Bonchev–Trinajstić information content (AvgIpc) is 2.53. The van der Waals surface area contributed by atoms with Crippen LogP contribution in [-0.4, -0.2) is 30.7 Å². The number of aromatic nitrogens is 1. The van der Waals surface area contributed by atoms with Crippen LogP contribution in [-0.2, 0) is 13.1 Å². The fourth-order valence-electron chi connectivity index (χ4n) is 1.17. The second-order valence-electron chi connectivity index (χ2n) is 3.19. The predicted molar refractivity (Wildman–Crippen MR) is 54.4 cm³/mol. The fraction of sp³-hybridized carbons (Fsp3) is 0.500. The molecular weight excluding hydrogens is 178 g/mol. The van der Waals surface area contributed by atoms with Crippen molar-refractivity contribution in [2.75, 3.05) is 20.6 Å². The van der Waals surface area contributed by atoms with E-state index in [9.17, 15) is 0 Å². The van der Waals surface area contributed by atoms with Crippen LogP contribution < -0.4 is 5.32 Å². The van der Waals surface area contributed by atoms with Crippen molar-refractivity contribution >= 4 is 0 Å². The van der Waals surface area contributed by atoms with Gasteiger partial charge in [-0.25, -0.2) is 0 Å². The lowest BCUT2D eigenvalue weighted by atomic mass is 10.3. The highest BCUT2D eigenvalue weighted by molar-refractivity contribution is 5.05. The van der Waals surface area contributed by atoms with Crippen LogP contribution in [0.4, 0.5) is 0 Å². The lowest BCUT2D eigenvalue weighted by Gasteiger charge is -2.09. The second-order valence-corrected chi connectivity index (χ2v) is 3.19. The Morgan fingerprint density at radius 1 is 1.71 bits per heavy atom. The van der Waals surface area contributed by atoms with E-state index in [-0.39, 0.29) is 0 Å². The van der Waals surface area contributed by atoms with Crippen molar-refractivity contribution in [3.8, 4) is 12.3 Å². The van der Waals surface area contributed by atoms with E-state index in [4.69, 9.17) is 10.9 Å². The molecule has 0 bridgehead atoms. The molecule has 0 spiro atoms. The fourth-order valence-corrected chi connectivity index (χ4v) is 1.17. The third kappa shape index (κ3) is 3.21. The molecule has 4 nitrogen and oxygen atoms in total. The Labute approximate surface area is 84.3 Å². The highest BCUT2D eigenvalue weighted by atomic mass is 16.5. The molecule has 1 rings (SSSR count). The minimum atomic E-state index is 0.613. The molecule has 1 aromatic heterocycles. The highest BCUT2D eigenvalue weighted by Crippen LogP contribution is 2.05. The molecule has 14 heavy (non-hydrogen) atoms. The Bertz CT molecular complexity index is 313. The molecule has 1 N–H and O–H groups in total. The summed E-state index contributed by atoms with van der Waals surface area (Å²) in [6.07, 6.45) is 5.19. The van der Waals surface area contributed by atoms with E-state index in [1.54, 1.807) is 0 Å². The molecule has 0 aliphatic heterocycles. The Morgan fingerprint density at radius 2 is 2.50 bits per heavy atom. The van der Waals surface area contributed by atoms with Gasteiger partial charge in [0.05, 0.1) is 18.8 Å². The first-order valence-electron chi connectivity index (χ1n) is 4.47. The molecule has 0 aromatic carbocycles. The van der Waals surface area contributed by atoms with Gasteiger partial charge in [-0.05, 0) is 14.1 Å². The molecular formula is C10H15N3O. The first kappa shape index (κ1) is 10.8. The summed E-state index contributed by atoms with van der Waals surface area (Å²) >= 11 is 0. The van der Waals surface area contributed by atoms with Crippen LogP contribution in [0, 0.1) is 12.3 Å². The van der Waals surface area contributed by atoms with Crippen molar-refractivity contribution in [3.63, 3.8) is 0 Å². The van der Waals surface area contributed by atoms with E-state index in [1.165, 1.54) is 0 Å². The van der Waals surface area contributed by atoms with Crippen molar-refractivity contribution < 1.29 is 4.52 Å². The summed E-state index contributed by atoms with van der Waals surface area (Å²) in [5.74, 6) is 3.41. The van der Waals surface area contributed by atoms with Gasteiger partial charge in [-0.15, -0.1) is 6.42 Å². The molecule has 0 fully saturated rings. The third-order valence-electron chi connectivity index (χ3n) is 1.75. The Balaban J connectivity index is 2.47. The van der Waals surface area contributed by atoms with Crippen LogP contribution in [0.15, 0.2) is 10.6 Å². The summed E-state index contributed by atoms with van der Waals surface area (Å²) in [4.78, 5) is 1.99. The monoisotopic (exact) mass is 193 g/mol. The number of nitrogens with zero attached hydrogens (tertiary/aromatic N) is 2. The predicted octanol–water partition coefficient (Wildman–Crippen LogP) is 0.459. The van der Waals surface area contributed by atoms with Gasteiger partial charge in [0.25, 0.3) is 0 Å². The Kier molecular flexibility index (Phi) is 4.17. The molecule has 0 atom stereocenters. The summed E-state index contributed by atoms with van der Waals surface area (Å²) in [6.45, 7) is 2.03. The maximum Gasteiger partial charge on any atom is 0.151 e. The van der Waals surface area contributed by atoms with Crippen LogP contribution in [0.3, 0.4) is 0 Å². The number of hydrogen-bond acceptors (Lipinski definition) is 4. The first-order chi connectivity index (χ1) is 6.76. The summed E-state index contributed by atoms with van der Waals surface area (Å²) < 4.78 is 5.13. The lowest BCUT2D eigenvalue weighted by molar-refractivity contribution is 0.293. The van der Waals surface area contributed by atoms with E-state index in [2.05, 4.69) is 16.4 Å². The maximum atomic E-state index is 5.19. The van der Waals surface area contributed by atoms with E-state index in [0.717, 1.165) is 18.0 Å². The quantitative estimate of drug-likeness (QED) is 0.690. The van der Waals surface area contributed by atoms with Crippen LogP contribution in [0.2, 0.25) is 0 Å². The number of terminal acetylenes is 1. The normalized spacial score (nSPS) is 10.4. The largest absolute Gasteiger partial charge is 0.360 e. The van der Waals surface area contributed by atoms with Crippen LogP contribution in [0.5, 0.6) is 0 Å². The molecule has 0 saturated heterocycles. The molecule has 0 radical (unpaired) electrons. The average molecular weight is 193 g/mol. The molecule has 1 aromatic rings. The smallest absolute Gasteiger partial charge is 0.151 e. The number of hydrogen-bond donors (Lipinski definition) is 1. The van der Waals surface area contributed by atoms with Crippen molar-refractivity contribution in [2.24, 2.45) is 0 Å². The third-order valence-corrected chi connectivity index (χ3v) is 1.75. The molecule has 1 heterocycles. The van der Waals surface area contributed by atoms with E-state index in [1.807, 2.05) is 25.1 Å². The molecule has 0 aliphatic rings. The minimum absolute atomic E-state index is 0.613. The molecule has 0 saturated carbocycles. The van der Waals surface area contributed by atoms with Gasteiger partial charge in [0, 0.05) is 12.6 Å². The van der Waals surface area contributed by atoms with Gasteiger partial charge in [0.2, 0.25) is 0 Å². The topological polar surface area (TPSA) is 41.3 Å². The Morgan fingerprint density at radius 3 is 3.14 bits per heavy atom. The Hall–Kier alpha value is -1.31. The SMILES string of the molecule is C#CCN(C)Cc1cc(CNC)no1. The second kappa shape index (κ2) is 5.43. The zero-order valence-electron chi connectivity index (χ0n) is 8.58. The van der Waals surface area contributed by atoms with Crippen LogP contribution in [0.1, 0.15) is 11.5 Å². The first-order valence-corrected chi connectivity index (χ1v) is 4.47. The minimum Gasteiger partial charge on any atom is -0.360 e. The van der Waals surface area contributed by atoms with E-state index in [0.29, 0.717) is 13.1 Å². The van der Waals surface area contributed by atoms with Gasteiger partial charge in [0.1, 0.15) is 0 Å². The molecule has 0 aliphatic carbocycles. The summed E-state index contributed by atoms with van der Waals surface area (Å²) in [6, 6.07) is 1.93. The zero-order valence-corrected chi connectivity index (χ0v) is 8.58. The lowest BCUT2D eigenvalue weighted by Crippen LogP contribution is -2.17. The molecule has 0 amide bonds. The van der Waals surface area contributed by atoms with Gasteiger partial charge in [-0.3, -0.25) is 4.90 Å².